The van der Waals surface area contributed by atoms with Gasteiger partial charge in [0.15, 0.2) is 0 Å². The van der Waals surface area contributed by atoms with Crippen molar-refractivity contribution in [1.29, 1.82) is 0 Å². The fourth-order valence-electron chi connectivity index (χ4n) is 3.02. The Labute approximate surface area is 133 Å². The summed E-state index contributed by atoms with van der Waals surface area (Å²) in [5, 5.41) is 11.0. The number of hydrogen-bond donors (Lipinski definition) is 1. The highest BCUT2D eigenvalue weighted by atomic mass is 79.9. The molecule has 110 valence electrons. The Morgan fingerprint density at radius 2 is 1.90 bits per heavy atom. The van der Waals surface area contributed by atoms with Crippen molar-refractivity contribution in [3.63, 3.8) is 0 Å². The molecule has 0 radical (unpaired) electrons. The molecule has 1 aliphatic carbocycles. The molecule has 1 N–H and O–H groups in total. The molecule has 0 aliphatic heterocycles. The molecule has 0 saturated heterocycles. The summed E-state index contributed by atoms with van der Waals surface area (Å²) >= 11 is 3.51. The summed E-state index contributed by atoms with van der Waals surface area (Å²) in [5.41, 5.74) is 2.77. The van der Waals surface area contributed by atoms with Gasteiger partial charge in [0.2, 0.25) is 0 Å². The van der Waals surface area contributed by atoms with E-state index in [0.717, 1.165) is 28.6 Å². The van der Waals surface area contributed by atoms with Crippen LogP contribution in [0.3, 0.4) is 0 Å². The van der Waals surface area contributed by atoms with Crippen LogP contribution in [0.2, 0.25) is 0 Å². The van der Waals surface area contributed by atoms with Gasteiger partial charge in [0.25, 0.3) is 0 Å². The third kappa shape index (κ3) is 2.99. The average molecular weight is 347 g/mol. The Morgan fingerprint density at radius 3 is 2.62 bits per heavy atom. The molecule has 0 saturated carbocycles. The quantitative estimate of drug-likeness (QED) is 0.901. The number of ether oxygens (including phenoxy) is 1. The average Bonchev–Trinajstić information content (AvgIpc) is 2.49. The van der Waals surface area contributed by atoms with Crippen molar-refractivity contribution < 1.29 is 9.84 Å². The number of rotatable bonds is 3. The molecule has 0 amide bonds. The molecule has 0 spiro atoms. The Hall–Kier alpha value is -1.32. The van der Waals surface area contributed by atoms with E-state index in [-0.39, 0.29) is 0 Å². The van der Waals surface area contributed by atoms with E-state index < -0.39 is 5.60 Å². The summed E-state index contributed by atoms with van der Waals surface area (Å²) in [4.78, 5) is 0. The van der Waals surface area contributed by atoms with E-state index in [1.807, 2.05) is 37.3 Å². The van der Waals surface area contributed by atoms with Crippen molar-refractivity contribution in [3.05, 3.63) is 63.6 Å². The molecule has 21 heavy (non-hydrogen) atoms. The maximum absolute atomic E-state index is 11.0. The van der Waals surface area contributed by atoms with Crippen LogP contribution in [0.25, 0.3) is 0 Å². The number of hydrogen-bond acceptors (Lipinski definition) is 2. The molecule has 0 bridgehead atoms. The normalized spacial score (nSPS) is 20.9. The topological polar surface area (TPSA) is 29.5 Å². The Balaban J connectivity index is 1.86. The van der Waals surface area contributed by atoms with Gasteiger partial charge in [-0.25, -0.2) is 0 Å². The SMILES string of the molecule is CCOc1ccc(C2(O)CCc3cc(Br)ccc3C2)cc1. The van der Waals surface area contributed by atoms with Gasteiger partial charge in [-0.15, -0.1) is 0 Å². The van der Waals surface area contributed by atoms with E-state index in [1.165, 1.54) is 11.1 Å². The smallest absolute Gasteiger partial charge is 0.119 e. The monoisotopic (exact) mass is 346 g/mol. The van der Waals surface area contributed by atoms with Crippen LogP contribution < -0.4 is 4.74 Å². The fourth-order valence-corrected chi connectivity index (χ4v) is 3.43. The lowest BCUT2D eigenvalue weighted by Gasteiger charge is -2.34. The first-order valence-electron chi connectivity index (χ1n) is 7.34. The second-order valence-electron chi connectivity index (χ2n) is 5.58. The highest BCUT2D eigenvalue weighted by Crippen LogP contribution is 2.37. The van der Waals surface area contributed by atoms with Crippen LogP contribution in [0.5, 0.6) is 5.75 Å². The number of aliphatic hydroxyl groups is 1. The molecule has 1 atom stereocenters. The molecular formula is C18H19BrO2. The van der Waals surface area contributed by atoms with Gasteiger partial charge in [-0.1, -0.05) is 34.1 Å². The summed E-state index contributed by atoms with van der Waals surface area (Å²) in [6.07, 6.45) is 2.33. The van der Waals surface area contributed by atoms with Gasteiger partial charge in [0.05, 0.1) is 12.2 Å². The fraction of sp³-hybridized carbons (Fsp3) is 0.333. The van der Waals surface area contributed by atoms with Crippen molar-refractivity contribution in [2.75, 3.05) is 6.61 Å². The minimum atomic E-state index is -0.772. The molecule has 2 aromatic carbocycles. The summed E-state index contributed by atoms with van der Waals surface area (Å²) in [6.45, 7) is 2.63. The van der Waals surface area contributed by atoms with Crippen LogP contribution in [-0.2, 0) is 18.4 Å². The molecule has 3 heteroatoms. The van der Waals surface area contributed by atoms with Gasteiger partial charge < -0.3 is 9.84 Å². The third-order valence-electron chi connectivity index (χ3n) is 4.16. The molecule has 0 aromatic heterocycles. The van der Waals surface area contributed by atoms with Gasteiger partial charge in [-0.05, 0) is 60.7 Å². The van der Waals surface area contributed by atoms with Crippen LogP contribution in [0.4, 0.5) is 0 Å². The van der Waals surface area contributed by atoms with E-state index in [2.05, 4.69) is 28.1 Å². The van der Waals surface area contributed by atoms with Crippen molar-refractivity contribution in [2.45, 2.75) is 31.8 Å². The van der Waals surface area contributed by atoms with Crippen molar-refractivity contribution >= 4 is 15.9 Å². The molecule has 2 aromatic rings. The van der Waals surface area contributed by atoms with E-state index >= 15 is 0 Å². The van der Waals surface area contributed by atoms with E-state index in [9.17, 15) is 5.11 Å². The van der Waals surface area contributed by atoms with Gasteiger partial charge in [0, 0.05) is 10.9 Å². The van der Waals surface area contributed by atoms with Crippen LogP contribution in [0.15, 0.2) is 46.9 Å². The van der Waals surface area contributed by atoms with Crippen LogP contribution >= 0.6 is 15.9 Å². The summed E-state index contributed by atoms with van der Waals surface area (Å²) in [5.74, 6) is 0.852. The third-order valence-corrected chi connectivity index (χ3v) is 4.66. The second kappa shape index (κ2) is 5.82. The molecule has 1 aliphatic rings. The van der Waals surface area contributed by atoms with Crippen LogP contribution in [0, 0.1) is 0 Å². The van der Waals surface area contributed by atoms with Crippen molar-refractivity contribution in [3.8, 4) is 5.75 Å². The van der Waals surface area contributed by atoms with Crippen molar-refractivity contribution in [1.82, 2.24) is 0 Å². The minimum Gasteiger partial charge on any atom is -0.494 e. The number of aryl methyl sites for hydroxylation is 1. The zero-order chi connectivity index (χ0) is 14.9. The summed E-state index contributed by atoms with van der Waals surface area (Å²) in [6, 6.07) is 14.2. The predicted octanol–water partition coefficient (Wildman–Crippen LogP) is 4.22. The molecular weight excluding hydrogens is 328 g/mol. The summed E-state index contributed by atoms with van der Waals surface area (Å²) in [7, 11) is 0. The Kier molecular flexibility index (Phi) is 4.05. The largest absolute Gasteiger partial charge is 0.494 e. The summed E-state index contributed by atoms with van der Waals surface area (Å²) < 4.78 is 6.57. The van der Waals surface area contributed by atoms with Crippen molar-refractivity contribution in [2.24, 2.45) is 0 Å². The number of fused-ring (bicyclic) bond motifs is 1. The Morgan fingerprint density at radius 1 is 1.14 bits per heavy atom. The Bertz CT molecular complexity index is 636. The lowest BCUT2D eigenvalue weighted by atomic mass is 9.76. The van der Waals surface area contributed by atoms with E-state index in [1.54, 1.807) is 0 Å². The molecule has 0 heterocycles. The van der Waals surface area contributed by atoms with Gasteiger partial charge in [-0.3, -0.25) is 0 Å². The zero-order valence-electron chi connectivity index (χ0n) is 12.1. The molecule has 1 unspecified atom stereocenters. The van der Waals surface area contributed by atoms with Crippen LogP contribution in [-0.4, -0.2) is 11.7 Å². The standard InChI is InChI=1S/C18H19BrO2/c1-2-21-17-7-4-15(5-8-17)18(20)10-9-13-11-16(19)6-3-14(13)12-18/h3-8,11,20H,2,9-10,12H2,1H3. The predicted molar refractivity (Wildman–Crippen MR) is 87.7 cm³/mol. The lowest BCUT2D eigenvalue weighted by Crippen LogP contribution is -2.33. The number of halogens is 1. The van der Waals surface area contributed by atoms with Gasteiger partial charge >= 0.3 is 0 Å². The second-order valence-corrected chi connectivity index (χ2v) is 6.49. The first-order chi connectivity index (χ1) is 10.1. The van der Waals surface area contributed by atoms with E-state index in [4.69, 9.17) is 4.74 Å². The molecule has 0 fully saturated rings. The maximum Gasteiger partial charge on any atom is 0.119 e. The van der Waals surface area contributed by atoms with Crippen LogP contribution in [0.1, 0.15) is 30.0 Å². The first-order valence-corrected chi connectivity index (χ1v) is 8.13. The molecule has 3 rings (SSSR count). The highest BCUT2D eigenvalue weighted by Gasteiger charge is 2.33. The maximum atomic E-state index is 11.0. The van der Waals surface area contributed by atoms with Gasteiger partial charge in [0.1, 0.15) is 5.75 Å². The van der Waals surface area contributed by atoms with E-state index in [0.29, 0.717) is 13.0 Å². The lowest BCUT2D eigenvalue weighted by molar-refractivity contribution is 0.0222. The molecule has 2 nitrogen and oxygen atoms in total. The minimum absolute atomic E-state index is 0.659. The van der Waals surface area contributed by atoms with Gasteiger partial charge in [-0.2, -0.15) is 0 Å². The zero-order valence-corrected chi connectivity index (χ0v) is 13.7. The first kappa shape index (κ1) is 14.6. The number of benzene rings is 2. The highest BCUT2D eigenvalue weighted by molar-refractivity contribution is 9.10.